The first-order chi connectivity index (χ1) is 18.6. The predicted octanol–water partition coefficient (Wildman–Crippen LogP) is 8.41. The van der Waals surface area contributed by atoms with E-state index >= 15 is 0 Å². The monoisotopic (exact) mass is 530 g/mol. The van der Waals surface area contributed by atoms with Crippen molar-refractivity contribution in [2.24, 2.45) is 5.92 Å². The Kier molecular flexibility index (Phi) is 18.1. The summed E-state index contributed by atoms with van der Waals surface area (Å²) in [6.07, 6.45) is 25.9. The van der Waals surface area contributed by atoms with Crippen molar-refractivity contribution < 1.29 is 23.6 Å². The maximum Gasteiger partial charge on any atom is 0.333 e. The molecule has 0 spiro atoms. The van der Waals surface area contributed by atoms with E-state index in [-0.39, 0.29) is 12.3 Å². The Morgan fingerprint density at radius 3 is 1.95 bits per heavy atom. The number of rotatable bonds is 22. The number of ether oxygens (including phenoxy) is 3. The molecule has 0 saturated carbocycles. The van der Waals surface area contributed by atoms with Crippen molar-refractivity contribution >= 4 is 5.97 Å². The molecule has 1 aliphatic heterocycles. The van der Waals surface area contributed by atoms with Crippen LogP contribution in [0.3, 0.4) is 0 Å². The number of carbonyl (C=O) groups excluding carboxylic acids is 1. The number of nitrogens with zero attached hydrogens (tertiary/aromatic N) is 1. The molecule has 0 N–H and O–H groups in total. The van der Waals surface area contributed by atoms with Crippen LogP contribution < -0.4 is 4.57 Å². The van der Waals surface area contributed by atoms with Gasteiger partial charge in [-0.05, 0) is 26.2 Å². The van der Waals surface area contributed by atoms with Gasteiger partial charge in [-0.15, -0.1) is 0 Å². The van der Waals surface area contributed by atoms with Gasteiger partial charge >= 0.3 is 5.97 Å². The van der Waals surface area contributed by atoms with Crippen molar-refractivity contribution in [3.05, 3.63) is 42.2 Å². The van der Waals surface area contributed by atoms with Crippen LogP contribution in [0.4, 0.5) is 0 Å². The highest BCUT2D eigenvalue weighted by molar-refractivity contribution is 5.86. The summed E-state index contributed by atoms with van der Waals surface area (Å²) in [5.74, 6) is 0.275. The topological polar surface area (TPSA) is 48.6 Å². The third-order valence-electron chi connectivity index (χ3n) is 7.51. The van der Waals surface area contributed by atoms with Crippen molar-refractivity contribution in [2.45, 2.75) is 136 Å². The number of carbonyl (C=O) groups is 1. The first kappa shape index (κ1) is 32.5. The van der Waals surface area contributed by atoms with Gasteiger partial charge in [-0.3, -0.25) is 0 Å². The molecule has 0 amide bonds. The molecule has 1 aromatic rings. The van der Waals surface area contributed by atoms with E-state index in [9.17, 15) is 4.79 Å². The van der Waals surface area contributed by atoms with E-state index < -0.39 is 0 Å². The molecular weight excluding hydrogens is 474 g/mol. The summed E-state index contributed by atoms with van der Waals surface area (Å²) in [5.41, 5.74) is 1.60. The lowest BCUT2D eigenvalue weighted by molar-refractivity contribution is -0.697. The van der Waals surface area contributed by atoms with Gasteiger partial charge in [0.1, 0.15) is 6.54 Å². The van der Waals surface area contributed by atoms with Crippen molar-refractivity contribution in [1.29, 1.82) is 0 Å². The molecule has 0 radical (unpaired) electrons. The molecule has 1 saturated heterocycles. The standard InChI is InChI=1S/C33H56NO4/c1-4-5-6-7-8-11-14-17-20-30-27-37-33(38-28-30)31-21-24-34(25-22-31)23-18-15-12-9-10-13-16-19-26-36-32(35)29(2)3/h21-22,24-25,30,33H,2,4-20,23,26-28H2,1,3H3/q+1. The number of unbranched alkanes of at least 4 members (excludes halogenated alkanes) is 14. The van der Waals surface area contributed by atoms with Gasteiger partial charge in [0.25, 0.3) is 0 Å². The van der Waals surface area contributed by atoms with Crippen LogP contribution in [-0.4, -0.2) is 25.8 Å². The second-order valence-electron chi connectivity index (χ2n) is 11.2. The summed E-state index contributed by atoms with van der Waals surface area (Å²) in [7, 11) is 0. The number of aryl methyl sites for hydroxylation is 1. The van der Waals surface area contributed by atoms with Crippen molar-refractivity contribution in [3.63, 3.8) is 0 Å². The smallest absolute Gasteiger partial charge is 0.333 e. The molecule has 2 rings (SSSR count). The fourth-order valence-electron chi connectivity index (χ4n) is 4.99. The molecule has 38 heavy (non-hydrogen) atoms. The fourth-order valence-corrected chi connectivity index (χ4v) is 4.99. The van der Waals surface area contributed by atoms with Gasteiger partial charge in [-0.1, -0.05) is 97.0 Å². The van der Waals surface area contributed by atoms with Crippen molar-refractivity contribution in [3.8, 4) is 0 Å². The maximum atomic E-state index is 11.3. The van der Waals surface area contributed by atoms with E-state index in [4.69, 9.17) is 14.2 Å². The third kappa shape index (κ3) is 15.0. The molecule has 216 valence electrons. The van der Waals surface area contributed by atoms with Crippen LogP contribution in [0.2, 0.25) is 0 Å². The van der Waals surface area contributed by atoms with Crippen LogP contribution in [-0.2, 0) is 25.5 Å². The lowest BCUT2D eigenvalue weighted by atomic mass is 10.0. The van der Waals surface area contributed by atoms with Crippen molar-refractivity contribution in [1.82, 2.24) is 0 Å². The van der Waals surface area contributed by atoms with Crippen LogP contribution in [0.25, 0.3) is 0 Å². The summed E-state index contributed by atoms with van der Waals surface area (Å²) in [4.78, 5) is 11.3. The summed E-state index contributed by atoms with van der Waals surface area (Å²) in [6, 6.07) is 4.30. The molecule has 0 atom stereocenters. The normalized spacial score (nSPS) is 17.4. The van der Waals surface area contributed by atoms with Gasteiger partial charge in [-0.2, -0.15) is 0 Å². The highest BCUT2D eigenvalue weighted by Gasteiger charge is 2.23. The Morgan fingerprint density at radius 2 is 1.37 bits per heavy atom. The number of esters is 1. The summed E-state index contributed by atoms with van der Waals surface area (Å²) < 4.78 is 19.5. The SMILES string of the molecule is C=C(C)C(=O)OCCCCCCCCCC[n+]1ccc(C2OCC(CCCCCCCCCC)CO2)cc1. The summed E-state index contributed by atoms with van der Waals surface area (Å²) >= 11 is 0. The zero-order chi connectivity index (χ0) is 27.3. The molecule has 1 aliphatic rings. The van der Waals surface area contributed by atoms with Crippen LogP contribution in [0.15, 0.2) is 36.7 Å². The minimum absolute atomic E-state index is 0.211. The lowest BCUT2D eigenvalue weighted by Crippen LogP contribution is -2.33. The molecule has 2 heterocycles. The highest BCUT2D eigenvalue weighted by Crippen LogP contribution is 2.27. The lowest BCUT2D eigenvalue weighted by Gasteiger charge is -2.29. The van der Waals surface area contributed by atoms with E-state index in [1.165, 1.54) is 96.3 Å². The van der Waals surface area contributed by atoms with Gasteiger partial charge in [-0.25, -0.2) is 9.36 Å². The Balaban J connectivity index is 1.44. The second-order valence-corrected chi connectivity index (χ2v) is 11.2. The Labute approximate surface area is 233 Å². The minimum atomic E-state index is -0.272. The van der Waals surface area contributed by atoms with Gasteiger partial charge < -0.3 is 14.2 Å². The molecule has 5 nitrogen and oxygen atoms in total. The number of pyridine rings is 1. The average Bonchev–Trinajstić information content (AvgIpc) is 2.93. The molecule has 0 aliphatic carbocycles. The average molecular weight is 531 g/mol. The molecule has 0 aromatic carbocycles. The summed E-state index contributed by atoms with van der Waals surface area (Å²) in [5, 5.41) is 0. The Morgan fingerprint density at radius 1 is 0.842 bits per heavy atom. The quantitative estimate of drug-likeness (QED) is 0.0653. The van der Waals surface area contributed by atoms with Gasteiger partial charge in [0.05, 0.1) is 19.8 Å². The zero-order valence-electron chi connectivity index (χ0n) is 24.6. The van der Waals surface area contributed by atoms with Crippen LogP contribution in [0, 0.1) is 5.92 Å². The predicted molar refractivity (Wildman–Crippen MR) is 155 cm³/mol. The number of hydrogen-bond donors (Lipinski definition) is 0. The van der Waals surface area contributed by atoms with Crippen LogP contribution in [0.5, 0.6) is 0 Å². The first-order valence-electron chi connectivity index (χ1n) is 15.6. The van der Waals surface area contributed by atoms with E-state index in [0.29, 0.717) is 18.1 Å². The number of aromatic nitrogens is 1. The van der Waals surface area contributed by atoms with E-state index in [1.807, 2.05) is 0 Å². The molecule has 5 heteroatoms. The molecule has 1 aromatic heterocycles. The third-order valence-corrected chi connectivity index (χ3v) is 7.51. The fraction of sp³-hybridized carbons (Fsp3) is 0.758. The second kappa shape index (κ2) is 21.1. The van der Waals surface area contributed by atoms with Crippen LogP contribution >= 0.6 is 0 Å². The Hall–Kier alpha value is -1.72. The van der Waals surface area contributed by atoms with E-state index in [0.717, 1.165) is 38.2 Å². The van der Waals surface area contributed by atoms with Gasteiger partial charge in [0.2, 0.25) is 0 Å². The number of hydrogen-bond acceptors (Lipinski definition) is 4. The highest BCUT2D eigenvalue weighted by atomic mass is 16.7. The molecular formula is C33H56NO4+. The van der Waals surface area contributed by atoms with Crippen LogP contribution in [0.1, 0.15) is 135 Å². The maximum absolute atomic E-state index is 11.3. The van der Waals surface area contributed by atoms with E-state index in [2.05, 4.69) is 42.6 Å². The molecule has 1 fully saturated rings. The van der Waals surface area contributed by atoms with Crippen molar-refractivity contribution in [2.75, 3.05) is 19.8 Å². The largest absolute Gasteiger partial charge is 0.462 e. The summed E-state index contributed by atoms with van der Waals surface area (Å²) in [6.45, 7) is 10.8. The first-order valence-corrected chi connectivity index (χ1v) is 15.6. The van der Waals surface area contributed by atoms with Gasteiger partial charge in [0, 0.05) is 35.6 Å². The Bertz CT molecular complexity index is 740. The molecule has 0 bridgehead atoms. The minimum Gasteiger partial charge on any atom is -0.462 e. The zero-order valence-corrected chi connectivity index (χ0v) is 24.6. The van der Waals surface area contributed by atoms with Gasteiger partial charge in [0.15, 0.2) is 18.7 Å². The molecule has 0 unspecified atom stereocenters. The van der Waals surface area contributed by atoms with E-state index in [1.54, 1.807) is 6.92 Å².